The average molecular weight is 383 g/mol. The predicted molar refractivity (Wildman–Crippen MR) is 93.8 cm³/mol. The second-order valence-electron chi connectivity index (χ2n) is 8.01. The van der Waals surface area contributed by atoms with Crippen molar-refractivity contribution in [1.82, 2.24) is 19.0 Å². The lowest BCUT2D eigenvalue weighted by molar-refractivity contribution is 0.0267. The Labute approximate surface area is 154 Å². The second-order valence-corrected chi connectivity index (χ2v) is 8.37. The van der Waals surface area contributed by atoms with Gasteiger partial charge in [-0.1, -0.05) is 11.6 Å². The number of piperidine rings is 1. The average Bonchev–Trinajstić information content (AvgIpc) is 2.89. The Morgan fingerprint density at radius 1 is 1.35 bits per heavy atom. The minimum atomic E-state index is -0.691. The number of aromatic nitrogens is 3. The Balaban J connectivity index is 1.60. The molecule has 0 spiro atoms. The van der Waals surface area contributed by atoms with E-state index in [1.165, 1.54) is 17.8 Å². The van der Waals surface area contributed by atoms with Gasteiger partial charge in [0.1, 0.15) is 11.1 Å². The number of imidazole rings is 1. The fourth-order valence-electron chi connectivity index (χ4n) is 3.94. The third-order valence-corrected chi connectivity index (χ3v) is 5.38. The molecule has 0 N–H and O–H groups in total. The minimum absolute atomic E-state index is 0.0627. The van der Waals surface area contributed by atoms with Crippen LogP contribution in [0.25, 0.3) is 11.0 Å². The summed E-state index contributed by atoms with van der Waals surface area (Å²) in [4.78, 5) is 30.4. The first-order valence-corrected chi connectivity index (χ1v) is 8.87. The highest BCUT2D eigenvalue weighted by Gasteiger charge is 2.59. The van der Waals surface area contributed by atoms with Crippen LogP contribution in [0.3, 0.4) is 0 Å². The first-order valence-electron chi connectivity index (χ1n) is 8.49. The largest absolute Gasteiger partial charge is 0.444 e. The number of carbonyl (C=O) groups excluding carboxylic acids is 1. The number of fused-ring (bicyclic) bond motifs is 2. The van der Waals surface area contributed by atoms with Crippen LogP contribution in [0.15, 0.2) is 11.0 Å². The summed E-state index contributed by atoms with van der Waals surface area (Å²) in [7, 11) is 1.52. The number of carbonyl (C=O) groups is 1. The number of rotatable bonds is 1. The van der Waals surface area contributed by atoms with Gasteiger partial charge in [0.25, 0.3) is 0 Å². The number of likely N-dealkylation sites (tertiary alicyclic amines) is 1. The van der Waals surface area contributed by atoms with Crippen molar-refractivity contribution < 1.29 is 13.9 Å². The molecule has 1 saturated heterocycles. The van der Waals surface area contributed by atoms with Crippen LogP contribution in [-0.2, 0) is 11.8 Å². The van der Waals surface area contributed by atoms with Crippen LogP contribution in [0, 0.1) is 17.7 Å². The molecule has 0 aromatic carbocycles. The normalized spacial score (nSPS) is 24.8. The Bertz CT molecular complexity index is 965. The third kappa shape index (κ3) is 2.50. The second kappa shape index (κ2) is 5.45. The van der Waals surface area contributed by atoms with Crippen molar-refractivity contribution in [3.8, 4) is 0 Å². The maximum absolute atomic E-state index is 14.3. The smallest absolute Gasteiger partial charge is 0.410 e. The van der Waals surface area contributed by atoms with E-state index in [0.717, 1.165) is 0 Å². The molecule has 9 heteroatoms. The van der Waals surface area contributed by atoms with Gasteiger partial charge in [0.05, 0.1) is 11.7 Å². The van der Waals surface area contributed by atoms with Gasteiger partial charge in [-0.2, -0.15) is 0 Å². The van der Waals surface area contributed by atoms with Gasteiger partial charge >= 0.3 is 11.8 Å². The molecular weight excluding hydrogens is 363 g/mol. The van der Waals surface area contributed by atoms with Gasteiger partial charge in [-0.25, -0.2) is 19.0 Å². The molecule has 2 unspecified atom stereocenters. The van der Waals surface area contributed by atoms with Gasteiger partial charge < -0.3 is 9.64 Å². The lowest BCUT2D eigenvalue weighted by atomic mass is 10.2. The highest BCUT2D eigenvalue weighted by Crippen LogP contribution is 2.55. The summed E-state index contributed by atoms with van der Waals surface area (Å²) in [6.07, 6.45) is 1.09. The summed E-state index contributed by atoms with van der Waals surface area (Å²) in [5.74, 6) is -0.377. The lowest BCUT2D eigenvalue weighted by Crippen LogP contribution is -2.37. The highest BCUT2D eigenvalue weighted by atomic mass is 35.5. The monoisotopic (exact) mass is 382 g/mol. The number of hydrogen-bond donors (Lipinski definition) is 0. The molecule has 3 atom stereocenters. The molecule has 2 aliphatic rings. The fraction of sp³-hybridized carbons (Fsp3) is 0.588. The summed E-state index contributed by atoms with van der Waals surface area (Å²) in [5, 5.41) is -0.252. The number of aryl methyl sites for hydroxylation is 1. The Morgan fingerprint density at radius 3 is 2.54 bits per heavy atom. The number of hydrogen-bond acceptors (Lipinski definition) is 4. The van der Waals surface area contributed by atoms with Crippen LogP contribution in [0.5, 0.6) is 0 Å². The van der Waals surface area contributed by atoms with E-state index in [0.29, 0.717) is 18.6 Å². The molecule has 7 nitrogen and oxygen atoms in total. The van der Waals surface area contributed by atoms with E-state index in [4.69, 9.17) is 16.3 Å². The topological polar surface area (TPSA) is 69.4 Å². The standard InChI is InChI=1S/C17H20ClFN4O3/c1-17(2,3)26-16(25)22-6-8-9(7-22)12(8)23-10-5-20-14(18)11(19)13(10)21(4)15(23)24/h5,8-9,12H,6-7H2,1-4H3/t8-,9?,12?/m1/s1. The van der Waals surface area contributed by atoms with Crippen LogP contribution in [0.2, 0.25) is 5.15 Å². The van der Waals surface area contributed by atoms with E-state index >= 15 is 0 Å². The van der Waals surface area contributed by atoms with E-state index in [9.17, 15) is 14.0 Å². The maximum atomic E-state index is 14.3. The van der Waals surface area contributed by atoms with Gasteiger partial charge in [0.2, 0.25) is 0 Å². The summed E-state index contributed by atoms with van der Waals surface area (Å²) >= 11 is 5.75. The highest BCUT2D eigenvalue weighted by molar-refractivity contribution is 6.30. The van der Waals surface area contributed by atoms with Crippen molar-refractivity contribution in [1.29, 1.82) is 0 Å². The van der Waals surface area contributed by atoms with Crippen LogP contribution in [0.1, 0.15) is 26.8 Å². The SMILES string of the molecule is Cn1c(=O)n(C2C3CN(C(=O)OC(C)(C)C)C[C@H]32)c2cnc(Cl)c(F)c21. The van der Waals surface area contributed by atoms with Crippen molar-refractivity contribution in [2.24, 2.45) is 18.9 Å². The summed E-state index contributed by atoms with van der Waals surface area (Å²) in [6, 6.07) is -0.0627. The molecule has 1 aliphatic heterocycles. The zero-order chi connectivity index (χ0) is 19.0. The van der Waals surface area contributed by atoms with Crippen molar-refractivity contribution in [2.45, 2.75) is 32.4 Å². The molecule has 140 valence electrons. The van der Waals surface area contributed by atoms with Crippen molar-refractivity contribution in [3.05, 3.63) is 27.7 Å². The number of ether oxygens (including phenoxy) is 1. The minimum Gasteiger partial charge on any atom is -0.444 e. The first-order chi connectivity index (χ1) is 12.1. The van der Waals surface area contributed by atoms with E-state index in [2.05, 4.69) is 4.98 Å². The molecular formula is C17H20ClFN4O3. The van der Waals surface area contributed by atoms with E-state index in [1.807, 2.05) is 20.8 Å². The van der Waals surface area contributed by atoms with Crippen LogP contribution >= 0.6 is 11.6 Å². The number of pyridine rings is 1. The van der Waals surface area contributed by atoms with Crippen LogP contribution in [0.4, 0.5) is 9.18 Å². The lowest BCUT2D eigenvalue weighted by Gasteiger charge is -2.26. The molecule has 3 heterocycles. The molecule has 1 amide bonds. The molecule has 1 aliphatic carbocycles. The maximum Gasteiger partial charge on any atom is 0.410 e. The van der Waals surface area contributed by atoms with E-state index < -0.39 is 11.4 Å². The summed E-state index contributed by atoms with van der Waals surface area (Å²) < 4.78 is 22.6. The number of halogens is 2. The molecule has 1 saturated carbocycles. The van der Waals surface area contributed by atoms with Gasteiger partial charge in [-0.15, -0.1) is 0 Å². The molecule has 26 heavy (non-hydrogen) atoms. The molecule has 2 aromatic rings. The van der Waals surface area contributed by atoms with Gasteiger partial charge in [0.15, 0.2) is 11.0 Å². The quantitative estimate of drug-likeness (QED) is 0.711. The van der Waals surface area contributed by atoms with E-state index in [1.54, 1.807) is 9.47 Å². The zero-order valence-electron chi connectivity index (χ0n) is 15.0. The Hall–Kier alpha value is -2.09. The summed E-state index contributed by atoms with van der Waals surface area (Å²) in [6.45, 7) is 6.53. The molecule has 0 bridgehead atoms. The third-order valence-electron chi connectivity index (χ3n) is 5.12. The Morgan fingerprint density at radius 2 is 1.96 bits per heavy atom. The number of amides is 1. The van der Waals surface area contributed by atoms with Gasteiger partial charge in [-0.3, -0.25) is 9.13 Å². The van der Waals surface area contributed by atoms with Gasteiger partial charge in [-0.05, 0) is 20.8 Å². The summed E-state index contributed by atoms with van der Waals surface area (Å²) in [5.41, 5.74) is -0.254. The molecule has 0 radical (unpaired) electrons. The van der Waals surface area contributed by atoms with Crippen molar-refractivity contribution in [2.75, 3.05) is 13.1 Å². The van der Waals surface area contributed by atoms with Crippen LogP contribution in [-0.4, -0.2) is 43.8 Å². The van der Waals surface area contributed by atoms with Crippen molar-refractivity contribution >= 4 is 28.7 Å². The van der Waals surface area contributed by atoms with Crippen LogP contribution < -0.4 is 5.69 Å². The first kappa shape index (κ1) is 17.3. The van der Waals surface area contributed by atoms with Gasteiger partial charge in [0, 0.05) is 38.0 Å². The molecule has 2 fully saturated rings. The molecule has 2 aromatic heterocycles. The fourth-order valence-corrected chi connectivity index (χ4v) is 4.08. The Kier molecular flexibility index (Phi) is 3.63. The zero-order valence-corrected chi connectivity index (χ0v) is 15.7. The van der Waals surface area contributed by atoms with E-state index in [-0.39, 0.29) is 40.3 Å². The molecule has 4 rings (SSSR count). The predicted octanol–water partition coefficient (Wildman–Crippen LogP) is 2.57. The van der Waals surface area contributed by atoms with Crippen molar-refractivity contribution in [3.63, 3.8) is 0 Å². The number of nitrogens with zero attached hydrogens (tertiary/aromatic N) is 4.